The van der Waals surface area contributed by atoms with Crippen LogP contribution in [0.5, 0.6) is 0 Å². The number of hydrogen-bond donors (Lipinski definition) is 3. The Morgan fingerprint density at radius 1 is 1.75 bits per heavy atom. The Morgan fingerprint density at radius 2 is 2.42 bits per heavy atom. The molecular weight excluding hydrogens is 162 g/mol. The smallest absolute Gasteiger partial charge is 0.406 e. The van der Waals surface area contributed by atoms with Gasteiger partial charge in [0, 0.05) is 13.5 Å². The van der Waals surface area contributed by atoms with E-state index in [-0.39, 0.29) is 18.9 Å². The van der Waals surface area contributed by atoms with E-state index < -0.39 is 6.09 Å². The Labute approximate surface area is 69.5 Å². The molecule has 0 saturated heterocycles. The number of amides is 1. The first-order valence-electron chi connectivity index (χ1n) is 3.24. The van der Waals surface area contributed by atoms with E-state index in [4.69, 9.17) is 11.3 Å². The summed E-state index contributed by atoms with van der Waals surface area (Å²) in [6.45, 7) is 0.129. The molecule has 0 aromatic carbocycles. The second kappa shape index (κ2) is 6.08. The van der Waals surface area contributed by atoms with Gasteiger partial charge in [0.2, 0.25) is 0 Å². The number of alkyl carbamates (subject to hydrolysis) is 1. The van der Waals surface area contributed by atoms with Crippen LogP contribution in [0.1, 0.15) is 6.42 Å². The molecule has 0 heterocycles. The molecule has 0 atom stereocenters. The largest absolute Gasteiger partial charge is 0.449 e. The van der Waals surface area contributed by atoms with Crippen molar-refractivity contribution in [3.05, 3.63) is 0 Å². The molecule has 0 radical (unpaired) electrons. The van der Waals surface area contributed by atoms with Gasteiger partial charge in [-0.05, 0) is 0 Å². The van der Waals surface area contributed by atoms with Gasteiger partial charge in [0.1, 0.15) is 12.4 Å². The first-order chi connectivity index (χ1) is 5.70. The van der Waals surface area contributed by atoms with E-state index in [1.807, 2.05) is 0 Å². The molecule has 0 aromatic rings. The normalized spacial score (nSPS) is 10.6. The van der Waals surface area contributed by atoms with Crippen LogP contribution in [0.25, 0.3) is 0 Å². The third-order valence-corrected chi connectivity index (χ3v) is 0.974. The van der Waals surface area contributed by atoms with E-state index in [2.05, 4.69) is 20.4 Å². The van der Waals surface area contributed by atoms with Crippen LogP contribution in [0.3, 0.4) is 0 Å². The van der Waals surface area contributed by atoms with Crippen LogP contribution >= 0.6 is 0 Å². The fourth-order valence-electron chi connectivity index (χ4n) is 0.435. The zero-order chi connectivity index (χ0) is 9.40. The molecule has 0 bridgehead atoms. The summed E-state index contributed by atoms with van der Waals surface area (Å²) in [5.74, 6) is 0.161. The molecule has 68 valence electrons. The maximum atomic E-state index is 10.5. The lowest BCUT2D eigenvalue weighted by Crippen LogP contribution is -2.22. The topological polar surface area (TPSA) is 113 Å². The average Bonchev–Trinajstić information content (AvgIpc) is 2.04. The molecule has 1 amide bonds. The van der Waals surface area contributed by atoms with Gasteiger partial charge in [0.25, 0.3) is 0 Å². The highest BCUT2D eigenvalue weighted by molar-refractivity contribution is 5.80. The van der Waals surface area contributed by atoms with Crippen molar-refractivity contribution in [2.45, 2.75) is 6.42 Å². The number of nitrogens with one attached hydrogen (secondary N) is 2. The fourth-order valence-corrected chi connectivity index (χ4v) is 0.435. The number of carbonyl (C=O) groups excluding carboxylic acids is 1. The maximum absolute atomic E-state index is 10.5. The molecule has 0 aliphatic heterocycles. The first kappa shape index (κ1) is 10.3. The van der Waals surface area contributed by atoms with Crippen molar-refractivity contribution in [1.29, 1.82) is 5.53 Å². The zero-order valence-electron chi connectivity index (χ0n) is 6.70. The molecular formula is C5H11N5O2. The Bertz CT molecular complexity index is 190. The minimum Gasteiger partial charge on any atom is -0.449 e. The van der Waals surface area contributed by atoms with Gasteiger partial charge >= 0.3 is 6.09 Å². The molecule has 7 heteroatoms. The lowest BCUT2D eigenvalue weighted by atomic mass is 10.4. The summed E-state index contributed by atoms with van der Waals surface area (Å²) in [5.41, 5.74) is 11.6. The van der Waals surface area contributed by atoms with Crippen LogP contribution < -0.4 is 11.1 Å². The van der Waals surface area contributed by atoms with Crippen molar-refractivity contribution in [3.63, 3.8) is 0 Å². The third kappa shape index (κ3) is 5.15. The van der Waals surface area contributed by atoms with E-state index in [0.29, 0.717) is 0 Å². The molecule has 0 aliphatic carbocycles. The number of hydrogen-bond acceptors (Lipinski definition) is 4. The van der Waals surface area contributed by atoms with Crippen LogP contribution in [0.4, 0.5) is 4.79 Å². The highest BCUT2D eigenvalue weighted by Crippen LogP contribution is 1.84. The number of amidine groups is 1. The first-order valence-corrected chi connectivity index (χ1v) is 3.24. The lowest BCUT2D eigenvalue weighted by Gasteiger charge is -2.01. The minimum atomic E-state index is -0.523. The summed E-state index contributed by atoms with van der Waals surface area (Å²) in [4.78, 5) is 10.5. The number of rotatable bonds is 4. The van der Waals surface area contributed by atoms with Crippen LogP contribution in [0.2, 0.25) is 0 Å². The van der Waals surface area contributed by atoms with Crippen molar-refractivity contribution in [1.82, 2.24) is 5.32 Å². The zero-order valence-corrected chi connectivity index (χ0v) is 6.70. The second-order valence-electron chi connectivity index (χ2n) is 1.83. The molecule has 12 heavy (non-hydrogen) atoms. The van der Waals surface area contributed by atoms with Gasteiger partial charge in [0.15, 0.2) is 0 Å². The minimum absolute atomic E-state index is 0.129. The highest BCUT2D eigenvalue weighted by Gasteiger charge is 1.98. The summed E-state index contributed by atoms with van der Waals surface area (Å²) in [6, 6.07) is 0. The van der Waals surface area contributed by atoms with E-state index in [1.165, 1.54) is 7.05 Å². The van der Waals surface area contributed by atoms with Crippen LogP contribution in [0.15, 0.2) is 10.3 Å². The van der Waals surface area contributed by atoms with Crippen molar-refractivity contribution >= 4 is 11.9 Å². The summed E-state index contributed by atoms with van der Waals surface area (Å²) >= 11 is 0. The van der Waals surface area contributed by atoms with Gasteiger partial charge in [-0.2, -0.15) is 5.53 Å². The summed E-state index contributed by atoms with van der Waals surface area (Å²) < 4.78 is 4.59. The monoisotopic (exact) mass is 173 g/mol. The molecule has 0 fully saturated rings. The van der Waals surface area contributed by atoms with E-state index in [1.54, 1.807) is 0 Å². The number of ether oxygens (including phenoxy) is 1. The van der Waals surface area contributed by atoms with Crippen molar-refractivity contribution < 1.29 is 9.53 Å². The number of carbonyl (C=O) groups is 1. The highest BCUT2D eigenvalue weighted by atomic mass is 16.5. The number of nitrogens with two attached hydrogens (primary N) is 1. The van der Waals surface area contributed by atoms with Crippen molar-refractivity contribution in [2.24, 2.45) is 16.1 Å². The average molecular weight is 173 g/mol. The summed E-state index contributed by atoms with van der Waals surface area (Å²) in [7, 11) is 1.46. The van der Waals surface area contributed by atoms with Gasteiger partial charge in [0.05, 0.1) is 0 Å². The predicted molar refractivity (Wildman–Crippen MR) is 41.8 cm³/mol. The van der Waals surface area contributed by atoms with E-state index >= 15 is 0 Å². The van der Waals surface area contributed by atoms with E-state index in [0.717, 1.165) is 0 Å². The second-order valence-corrected chi connectivity index (χ2v) is 1.83. The van der Waals surface area contributed by atoms with Gasteiger partial charge in [-0.25, -0.2) is 4.79 Å². The SMILES string of the molecule is CNC(=O)OCCC(N)=NN=N. The molecule has 0 saturated carbocycles. The lowest BCUT2D eigenvalue weighted by molar-refractivity contribution is 0.151. The molecule has 0 unspecified atom stereocenters. The molecule has 0 aliphatic rings. The number of nitrogens with zero attached hydrogens (tertiary/aromatic N) is 2. The maximum Gasteiger partial charge on any atom is 0.406 e. The Kier molecular flexibility index (Phi) is 5.24. The fraction of sp³-hybridized carbons (Fsp3) is 0.600. The third-order valence-electron chi connectivity index (χ3n) is 0.974. The van der Waals surface area contributed by atoms with Crippen LogP contribution in [-0.4, -0.2) is 25.6 Å². The quantitative estimate of drug-likeness (QED) is 0.241. The Morgan fingerprint density at radius 3 is 2.92 bits per heavy atom. The molecule has 0 aromatic heterocycles. The Hall–Kier alpha value is -1.66. The van der Waals surface area contributed by atoms with Crippen molar-refractivity contribution in [2.75, 3.05) is 13.7 Å². The van der Waals surface area contributed by atoms with Crippen LogP contribution in [-0.2, 0) is 4.74 Å². The van der Waals surface area contributed by atoms with E-state index in [9.17, 15) is 4.79 Å². The van der Waals surface area contributed by atoms with Crippen LogP contribution in [0, 0.1) is 5.53 Å². The van der Waals surface area contributed by atoms with Gasteiger partial charge < -0.3 is 15.8 Å². The van der Waals surface area contributed by atoms with Gasteiger partial charge in [-0.15, -0.1) is 5.10 Å². The molecule has 0 spiro atoms. The van der Waals surface area contributed by atoms with Gasteiger partial charge in [-0.3, -0.25) is 0 Å². The standard InChI is InChI=1S/C5H11N5O2/c1-8-5(11)12-3-2-4(6)9-10-7/h2-3H2,1H3,(H,8,11)(H3,6,7,9). The molecule has 0 rings (SSSR count). The summed E-state index contributed by atoms with van der Waals surface area (Å²) in [6.07, 6.45) is -0.249. The molecule has 7 nitrogen and oxygen atoms in total. The van der Waals surface area contributed by atoms with Gasteiger partial charge in [-0.1, -0.05) is 5.22 Å². The predicted octanol–water partition coefficient (Wildman–Crippen LogP) is 0.0357. The summed E-state index contributed by atoms with van der Waals surface area (Å²) in [5, 5.41) is 8.20. The Balaban J connectivity index is 3.49. The van der Waals surface area contributed by atoms with Crippen molar-refractivity contribution in [3.8, 4) is 0 Å². The molecule has 4 N–H and O–H groups in total.